The molecule has 0 spiro atoms. The van der Waals surface area contributed by atoms with Gasteiger partial charge in [0.25, 0.3) is 10.2 Å². The number of hydrogen-bond donors (Lipinski definition) is 1. The molecule has 5 rings (SSSR count). The molecule has 184 valence electrons. The Bertz CT molecular complexity index is 1260. The second kappa shape index (κ2) is 9.23. The second-order valence-corrected chi connectivity index (χ2v) is 13.3. The summed E-state index contributed by atoms with van der Waals surface area (Å²) in [6.45, 7) is 3.72. The third-order valence-corrected chi connectivity index (χ3v) is 10.6. The van der Waals surface area contributed by atoms with Crippen molar-refractivity contribution < 1.29 is 21.6 Å². The predicted octanol–water partition coefficient (Wildman–Crippen LogP) is 2.09. The Morgan fingerprint density at radius 2 is 1.74 bits per heavy atom. The highest BCUT2D eigenvalue weighted by Crippen LogP contribution is 2.38. The van der Waals surface area contributed by atoms with Crippen molar-refractivity contribution >= 4 is 20.0 Å². The fraction of sp³-hybridized carbons (Fsp3) is 0.500. The van der Waals surface area contributed by atoms with E-state index in [0.717, 1.165) is 24.2 Å². The topological polar surface area (TPSA) is 96.0 Å². The molecule has 0 radical (unpaired) electrons. The van der Waals surface area contributed by atoms with Crippen LogP contribution >= 0.6 is 0 Å². The molecule has 0 saturated carbocycles. The number of ether oxygens (including phenoxy) is 1. The van der Waals surface area contributed by atoms with Gasteiger partial charge in [-0.25, -0.2) is 13.1 Å². The number of rotatable bonds is 7. The number of hydrogen-bond acceptors (Lipinski definition) is 6. The van der Waals surface area contributed by atoms with Gasteiger partial charge in [-0.2, -0.15) is 12.7 Å². The summed E-state index contributed by atoms with van der Waals surface area (Å²) in [6, 6.07) is 12.2. The minimum atomic E-state index is -3.41. The molecule has 0 unspecified atom stereocenters. The van der Waals surface area contributed by atoms with Crippen LogP contribution < -0.4 is 9.46 Å². The van der Waals surface area contributed by atoms with E-state index in [9.17, 15) is 16.8 Å². The van der Waals surface area contributed by atoms with E-state index in [1.54, 1.807) is 6.07 Å². The Morgan fingerprint density at radius 1 is 1.06 bits per heavy atom. The normalized spacial score (nSPS) is 20.9. The lowest BCUT2D eigenvalue weighted by atomic mass is 9.99. The molecule has 0 aromatic heterocycles. The predicted molar refractivity (Wildman–Crippen MR) is 129 cm³/mol. The van der Waals surface area contributed by atoms with Gasteiger partial charge in [-0.05, 0) is 53.5 Å². The van der Waals surface area contributed by atoms with Gasteiger partial charge in [0.2, 0.25) is 0 Å². The Hall–Kier alpha value is -1.98. The number of nitrogens with zero attached hydrogens (tertiary/aromatic N) is 2. The second-order valence-electron chi connectivity index (χ2n) is 9.38. The molecular formula is C24H31N3O5S2. The first-order valence-electron chi connectivity index (χ1n) is 11.7. The molecule has 2 aromatic carbocycles. The lowest BCUT2D eigenvalue weighted by molar-refractivity contribution is 0.182. The van der Waals surface area contributed by atoms with E-state index < -0.39 is 20.0 Å². The molecule has 1 fully saturated rings. The van der Waals surface area contributed by atoms with Gasteiger partial charge in [-0.3, -0.25) is 4.90 Å². The van der Waals surface area contributed by atoms with Crippen molar-refractivity contribution in [1.29, 1.82) is 0 Å². The van der Waals surface area contributed by atoms with Crippen molar-refractivity contribution in [3.63, 3.8) is 0 Å². The van der Waals surface area contributed by atoms with Crippen molar-refractivity contribution in [1.82, 2.24) is 13.9 Å². The number of benzene rings is 2. The minimum Gasteiger partial charge on any atom is -0.492 e. The Morgan fingerprint density at radius 3 is 2.38 bits per heavy atom. The third kappa shape index (κ3) is 4.61. The van der Waals surface area contributed by atoms with E-state index in [1.807, 2.05) is 6.07 Å². The highest BCUT2D eigenvalue weighted by molar-refractivity contribution is 7.91. The van der Waals surface area contributed by atoms with Crippen LogP contribution in [-0.2, 0) is 46.1 Å². The van der Waals surface area contributed by atoms with E-state index in [1.165, 1.54) is 22.5 Å². The Balaban J connectivity index is 1.28. The summed E-state index contributed by atoms with van der Waals surface area (Å²) >= 11 is 0. The van der Waals surface area contributed by atoms with Crippen LogP contribution in [0, 0.1) is 5.92 Å². The summed E-state index contributed by atoms with van der Waals surface area (Å²) in [5.74, 6) is 0.744. The van der Waals surface area contributed by atoms with Crippen molar-refractivity contribution in [3.05, 3.63) is 58.7 Å². The Kier molecular flexibility index (Phi) is 6.45. The first kappa shape index (κ1) is 23.7. The molecule has 0 bridgehead atoms. The van der Waals surface area contributed by atoms with Gasteiger partial charge in [0.15, 0.2) is 9.84 Å². The molecule has 3 aliphatic rings. The molecule has 0 amide bonds. The molecule has 0 atom stereocenters. The largest absolute Gasteiger partial charge is 0.492 e. The fourth-order valence-electron chi connectivity index (χ4n) is 5.27. The van der Waals surface area contributed by atoms with Crippen molar-refractivity contribution in [2.75, 3.05) is 32.5 Å². The number of fused-ring (bicyclic) bond motifs is 2. The van der Waals surface area contributed by atoms with E-state index in [4.69, 9.17) is 4.74 Å². The smallest absolute Gasteiger partial charge is 0.279 e. The summed E-state index contributed by atoms with van der Waals surface area (Å²) < 4.78 is 59.6. The van der Waals surface area contributed by atoms with Gasteiger partial charge in [0.1, 0.15) is 10.6 Å². The zero-order valence-corrected chi connectivity index (χ0v) is 21.0. The van der Waals surface area contributed by atoms with Crippen LogP contribution in [0.15, 0.2) is 41.3 Å². The maximum absolute atomic E-state index is 12.9. The highest BCUT2D eigenvalue weighted by Gasteiger charge is 2.34. The van der Waals surface area contributed by atoms with Crippen LogP contribution in [-0.4, -0.2) is 58.5 Å². The van der Waals surface area contributed by atoms with Gasteiger partial charge >= 0.3 is 0 Å². The molecule has 2 aromatic rings. The summed E-state index contributed by atoms with van der Waals surface area (Å²) in [5, 5.41) is 0. The van der Waals surface area contributed by atoms with Crippen molar-refractivity contribution in [3.8, 4) is 5.75 Å². The SMILES string of the molecule is CNS(=O)(=O)N1CCC(COc2ccc(CN3Cc4ccccc4C3)c3c2S(=O)(=O)CC3)CC1. The molecule has 10 heteroatoms. The lowest BCUT2D eigenvalue weighted by Gasteiger charge is -2.30. The number of piperidine rings is 1. The van der Waals surface area contributed by atoms with Crippen molar-refractivity contribution in [2.24, 2.45) is 5.92 Å². The van der Waals surface area contributed by atoms with Crippen LogP contribution in [0.2, 0.25) is 0 Å². The number of sulfone groups is 1. The third-order valence-electron chi connectivity index (χ3n) is 7.20. The van der Waals surface area contributed by atoms with E-state index >= 15 is 0 Å². The fourth-order valence-corrected chi connectivity index (χ4v) is 7.94. The summed E-state index contributed by atoms with van der Waals surface area (Å²) in [5.41, 5.74) is 4.62. The molecule has 0 aliphatic carbocycles. The van der Waals surface area contributed by atoms with E-state index in [0.29, 0.717) is 56.1 Å². The zero-order chi connectivity index (χ0) is 23.9. The van der Waals surface area contributed by atoms with Crippen molar-refractivity contribution in [2.45, 2.75) is 43.8 Å². The van der Waals surface area contributed by atoms with Gasteiger partial charge in [-0.1, -0.05) is 30.3 Å². The van der Waals surface area contributed by atoms with Gasteiger partial charge in [0, 0.05) is 39.8 Å². The standard InChI is InChI=1S/C24H31N3O5S2/c1-25-34(30,31)27-11-8-18(9-12-27)17-32-23-7-6-21(22-10-13-33(28,29)24(22)23)16-26-14-19-4-2-3-5-20(19)15-26/h2-7,18,25H,8-17H2,1H3. The molecule has 3 heterocycles. The summed E-state index contributed by atoms with van der Waals surface area (Å²) in [6.07, 6.45) is 1.89. The average Bonchev–Trinajstić information content (AvgIpc) is 3.39. The van der Waals surface area contributed by atoms with Gasteiger partial charge in [-0.15, -0.1) is 0 Å². The zero-order valence-electron chi connectivity index (χ0n) is 19.4. The molecular weight excluding hydrogens is 474 g/mol. The Labute approximate surface area is 202 Å². The maximum Gasteiger partial charge on any atom is 0.279 e. The number of nitrogens with one attached hydrogen (secondary N) is 1. The van der Waals surface area contributed by atoms with Crippen LogP contribution in [0.3, 0.4) is 0 Å². The monoisotopic (exact) mass is 505 g/mol. The lowest BCUT2D eigenvalue weighted by Crippen LogP contribution is -2.44. The molecule has 3 aliphatic heterocycles. The first-order chi connectivity index (χ1) is 16.3. The average molecular weight is 506 g/mol. The first-order valence-corrected chi connectivity index (χ1v) is 14.8. The minimum absolute atomic E-state index is 0.121. The van der Waals surface area contributed by atoms with Crippen LogP contribution in [0.25, 0.3) is 0 Å². The summed E-state index contributed by atoms with van der Waals surface area (Å²) in [7, 11) is -5.36. The van der Waals surface area contributed by atoms with Gasteiger partial charge < -0.3 is 4.74 Å². The van der Waals surface area contributed by atoms with E-state index in [2.05, 4.69) is 33.9 Å². The summed E-state index contributed by atoms with van der Waals surface area (Å²) in [4.78, 5) is 2.70. The molecule has 1 N–H and O–H groups in total. The van der Waals surface area contributed by atoms with Crippen LogP contribution in [0.5, 0.6) is 5.75 Å². The molecule has 8 nitrogen and oxygen atoms in total. The van der Waals surface area contributed by atoms with Crippen LogP contribution in [0.4, 0.5) is 0 Å². The highest BCUT2D eigenvalue weighted by atomic mass is 32.2. The van der Waals surface area contributed by atoms with E-state index in [-0.39, 0.29) is 11.7 Å². The van der Waals surface area contributed by atoms with Gasteiger partial charge in [0.05, 0.1) is 12.4 Å². The molecule has 34 heavy (non-hydrogen) atoms. The van der Waals surface area contributed by atoms with Crippen LogP contribution in [0.1, 0.15) is 35.1 Å². The molecule has 1 saturated heterocycles. The maximum atomic E-state index is 12.9. The quantitative estimate of drug-likeness (QED) is 0.619.